The first-order chi connectivity index (χ1) is 12.1. The van der Waals surface area contributed by atoms with Gasteiger partial charge >= 0.3 is 0 Å². The summed E-state index contributed by atoms with van der Waals surface area (Å²) >= 11 is 0. The van der Waals surface area contributed by atoms with Gasteiger partial charge in [-0.15, -0.1) is 0 Å². The highest BCUT2D eigenvalue weighted by Gasteiger charge is 2.23. The van der Waals surface area contributed by atoms with Gasteiger partial charge in [0.25, 0.3) is 0 Å². The lowest BCUT2D eigenvalue weighted by molar-refractivity contribution is -0.128. The molecule has 2 rings (SSSR count). The molecule has 7 nitrogen and oxygen atoms in total. The summed E-state index contributed by atoms with van der Waals surface area (Å²) in [6, 6.07) is 2.89. The van der Waals surface area contributed by atoms with Gasteiger partial charge in [-0.2, -0.15) is 0 Å². The number of hydrogen-bond acceptors (Lipinski definition) is 5. The second-order valence-corrected chi connectivity index (χ2v) is 8.39. The minimum atomic E-state index is -3.39. The van der Waals surface area contributed by atoms with Crippen molar-refractivity contribution in [3.8, 4) is 0 Å². The Bertz CT molecular complexity index is 786. The predicted octanol–water partition coefficient (Wildman–Crippen LogP) is 0.482. The number of nitrogens with one attached hydrogen (secondary N) is 1. The average Bonchev–Trinajstić information content (AvgIpc) is 2.74. The van der Waals surface area contributed by atoms with E-state index in [9.17, 15) is 26.8 Å². The van der Waals surface area contributed by atoms with Crippen LogP contribution in [0.3, 0.4) is 0 Å². The van der Waals surface area contributed by atoms with E-state index in [0.29, 0.717) is 38.7 Å². The number of halogens is 2. The van der Waals surface area contributed by atoms with Crippen LogP contribution in [0.25, 0.3) is 0 Å². The summed E-state index contributed by atoms with van der Waals surface area (Å²) in [4.78, 5) is 27.3. The third kappa shape index (κ3) is 6.34. The second-order valence-electron chi connectivity index (χ2n) is 6.25. The van der Waals surface area contributed by atoms with Gasteiger partial charge in [0.2, 0.25) is 11.8 Å². The summed E-state index contributed by atoms with van der Waals surface area (Å²) in [6.07, 6.45) is 1.60. The minimum absolute atomic E-state index is 0.00900. The smallest absolute Gasteiger partial charge is 0.238 e. The van der Waals surface area contributed by atoms with E-state index in [1.807, 2.05) is 0 Å². The van der Waals surface area contributed by atoms with E-state index in [-0.39, 0.29) is 12.2 Å². The third-order valence-corrected chi connectivity index (χ3v) is 4.67. The Kier molecular flexibility index (Phi) is 6.65. The molecule has 0 radical (unpaired) electrons. The van der Waals surface area contributed by atoms with Crippen molar-refractivity contribution in [2.75, 3.05) is 50.0 Å². The molecule has 10 heteroatoms. The van der Waals surface area contributed by atoms with Gasteiger partial charge in [0, 0.05) is 38.5 Å². The van der Waals surface area contributed by atoms with Crippen molar-refractivity contribution < 1.29 is 26.8 Å². The monoisotopic (exact) mass is 389 g/mol. The molecule has 0 aromatic heterocycles. The molecule has 1 aromatic rings. The predicted molar refractivity (Wildman–Crippen MR) is 92.3 cm³/mol. The van der Waals surface area contributed by atoms with Gasteiger partial charge in [0.05, 0.1) is 12.2 Å². The molecule has 1 saturated heterocycles. The standard InChI is InChI=1S/C16H21F2N3O4S/c1-26(24,25)11-16(23)21-6-2-5-20(7-8-21)10-15(22)19-14-4-3-12(17)9-13(14)18/h3-4,9H,2,5-8,10-11H2,1H3,(H,19,22). The van der Waals surface area contributed by atoms with Crippen molar-refractivity contribution in [2.24, 2.45) is 0 Å². The molecule has 2 amide bonds. The number of hydrogen-bond donors (Lipinski definition) is 1. The number of benzene rings is 1. The fourth-order valence-corrected chi connectivity index (χ4v) is 3.31. The van der Waals surface area contributed by atoms with Crippen LogP contribution in [0.1, 0.15) is 6.42 Å². The van der Waals surface area contributed by atoms with E-state index in [1.165, 1.54) is 4.90 Å². The van der Waals surface area contributed by atoms with E-state index < -0.39 is 39.0 Å². The van der Waals surface area contributed by atoms with Crippen molar-refractivity contribution >= 4 is 27.3 Å². The van der Waals surface area contributed by atoms with Gasteiger partial charge in [-0.25, -0.2) is 17.2 Å². The molecule has 1 aliphatic heterocycles. The molecule has 144 valence electrons. The molecule has 0 spiro atoms. The number of nitrogens with zero attached hydrogens (tertiary/aromatic N) is 2. The molecule has 1 N–H and O–H groups in total. The molecular formula is C16H21F2N3O4S. The molecule has 1 heterocycles. The Labute approximate surface area is 150 Å². The van der Waals surface area contributed by atoms with E-state index >= 15 is 0 Å². The Morgan fingerprint density at radius 2 is 1.88 bits per heavy atom. The highest BCUT2D eigenvalue weighted by atomic mass is 32.2. The number of carbonyl (C=O) groups is 2. The first-order valence-electron chi connectivity index (χ1n) is 8.07. The molecule has 1 fully saturated rings. The van der Waals surface area contributed by atoms with Gasteiger partial charge in [0.15, 0.2) is 9.84 Å². The maximum Gasteiger partial charge on any atom is 0.238 e. The fourth-order valence-electron chi connectivity index (χ4n) is 2.68. The maximum atomic E-state index is 13.6. The largest absolute Gasteiger partial charge is 0.340 e. The molecule has 0 unspecified atom stereocenters. The van der Waals surface area contributed by atoms with E-state index in [0.717, 1.165) is 18.4 Å². The van der Waals surface area contributed by atoms with Crippen LogP contribution in [0.15, 0.2) is 18.2 Å². The Morgan fingerprint density at radius 3 is 2.54 bits per heavy atom. The topological polar surface area (TPSA) is 86.8 Å². The Hall–Kier alpha value is -2.07. The van der Waals surface area contributed by atoms with Crippen molar-refractivity contribution in [3.05, 3.63) is 29.8 Å². The SMILES string of the molecule is CS(=O)(=O)CC(=O)N1CCCN(CC(=O)Nc2ccc(F)cc2F)CC1. The molecular weight excluding hydrogens is 368 g/mol. The van der Waals surface area contributed by atoms with E-state index in [2.05, 4.69) is 5.32 Å². The Balaban J connectivity index is 1.87. The lowest BCUT2D eigenvalue weighted by Crippen LogP contribution is -2.39. The molecule has 1 aromatic carbocycles. The summed E-state index contributed by atoms with van der Waals surface area (Å²) in [5, 5.41) is 2.39. The highest BCUT2D eigenvalue weighted by Crippen LogP contribution is 2.15. The molecule has 26 heavy (non-hydrogen) atoms. The first-order valence-corrected chi connectivity index (χ1v) is 10.1. The molecule has 0 aliphatic carbocycles. The van der Waals surface area contributed by atoms with Crippen LogP contribution >= 0.6 is 0 Å². The van der Waals surface area contributed by atoms with Crippen LogP contribution < -0.4 is 5.32 Å². The number of sulfone groups is 1. The number of amides is 2. The van der Waals surface area contributed by atoms with Crippen LogP contribution in [0.4, 0.5) is 14.5 Å². The summed E-state index contributed by atoms with van der Waals surface area (Å²) in [6.45, 7) is 1.66. The lowest BCUT2D eigenvalue weighted by Gasteiger charge is -2.21. The lowest BCUT2D eigenvalue weighted by atomic mass is 10.3. The summed E-state index contributed by atoms with van der Waals surface area (Å²) in [7, 11) is -3.39. The van der Waals surface area contributed by atoms with Crippen LogP contribution in [-0.4, -0.2) is 74.8 Å². The average molecular weight is 389 g/mol. The summed E-state index contributed by atoms with van der Waals surface area (Å²) < 4.78 is 48.9. The molecule has 0 atom stereocenters. The number of rotatable bonds is 5. The van der Waals surface area contributed by atoms with Crippen LogP contribution in [0, 0.1) is 11.6 Å². The van der Waals surface area contributed by atoms with E-state index in [1.54, 1.807) is 4.90 Å². The fraction of sp³-hybridized carbons (Fsp3) is 0.500. The molecule has 1 aliphatic rings. The van der Waals surface area contributed by atoms with Crippen LogP contribution in [-0.2, 0) is 19.4 Å². The zero-order chi connectivity index (χ0) is 19.3. The minimum Gasteiger partial charge on any atom is -0.340 e. The van der Waals surface area contributed by atoms with Crippen molar-refractivity contribution in [3.63, 3.8) is 0 Å². The van der Waals surface area contributed by atoms with Crippen molar-refractivity contribution in [2.45, 2.75) is 6.42 Å². The second kappa shape index (κ2) is 8.54. The quantitative estimate of drug-likeness (QED) is 0.792. The van der Waals surface area contributed by atoms with Crippen molar-refractivity contribution in [1.82, 2.24) is 9.80 Å². The van der Waals surface area contributed by atoms with Crippen LogP contribution in [0.2, 0.25) is 0 Å². The van der Waals surface area contributed by atoms with Gasteiger partial charge in [-0.3, -0.25) is 14.5 Å². The zero-order valence-electron chi connectivity index (χ0n) is 14.4. The molecule has 0 bridgehead atoms. The first kappa shape index (κ1) is 20.2. The Morgan fingerprint density at radius 1 is 1.15 bits per heavy atom. The summed E-state index contributed by atoms with van der Waals surface area (Å²) in [5.74, 6) is -3.02. The zero-order valence-corrected chi connectivity index (χ0v) is 15.2. The highest BCUT2D eigenvalue weighted by molar-refractivity contribution is 7.91. The van der Waals surface area contributed by atoms with Gasteiger partial charge in [-0.1, -0.05) is 0 Å². The van der Waals surface area contributed by atoms with E-state index in [4.69, 9.17) is 0 Å². The van der Waals surface area contributed by atoms with Gasteiger partial charge < -0.3 is 10.2 Å². The van der Waals surface area contributed by atoms with Gasteiger partial charge in [-0.05, 0) is 18.6 Å². The maximum absolute atomic E-state index is 13.6. The number of anilines is 1. The summed E-state index contributed by atoms with van der Waals surface area (Å²) in [5.41, 5.74) is -0.101. The number of carbonyl (C=O) groups excluding carboxylic acids is 2. The normalized spacial score (nSPS) is 16.2. The molecule has 0 saturated carbocycles. The van der Waals surface area contributed by atoms with Crippen LogP contribution in [0.5, 0.6) is 0 Å². The third-order valence-electron chi connectivity index (χ3n) is 3.90. The van der Waals surface area contributed by atoms with Crippen molar-refractivity contribution in [1.29, 1.82) is 0 Å². The van der Waals surface area contributed by atoms with Gasteiger partial charge in [0.1, 0.15) is 17.4 Å².